The molecule has 0 radical (unpaired) electrons. The molecule has 0 rings (SSSR count). The van der Waals surface area contributed by atoms with Crippen LogP contribution in [0.25, 0.3) is 0 Å². The van der Waals surface area contributed by atoms with Gasteiger partial charge in [-0.15, -0.1) is 0 Å². The molecule has 0 spiro atoms. The Labute approximate surface area is 75.3 Å². The lowest BCUT2D eigenvalue weighted by atomic mass is 10.1. The largest absolute Gasteiger partial charge is 0.396 e. The molecular weight excluding hydrogens is 152 g/mol. The third-order valence-corrected chi connectivity index (χ3v) is 2.03. The molecule has 0 aliphatic heterocycles. The first-order valence-electron chi connectivity index (χ1n) is 4.75. The Hall–Kier alpha value is -0.120. The molecule has 2 atom stereocenters. The highest BCUT2D eigenvalue weighted by Gasteiger charge is 2.00. The van der Waals surface area contributed by atoms with E-state index in [2.05, 4.69) is 19.2 Å². The maximum atomic E-state index is 8.75. The predicted octanol–water partition coefficient (Wildman–Crippen LogP) is 0.332. The fourth-order valence-electron chi connectivity index (χ4n) is 0.974. The van der Waals surface area contributed by atoms with Gasteiger partial charge in [0.05, 0.1) is 0 Å². The van der Waals surface area contributed by atoms with Crippen molar-refractivity contribution in [2.45, 2.75) is 32.7 Å². The molecule has 0 aliphatic carbocycles. The normalized spacial score (nSPS) is 16.0. The van der Waals surface area contributed by atoms with E-state index in [1.165, 1.54) is 0 Å². The van der Waals surface area contributed by atoms with E-state index >= 15 is 0 Å². The molecule has 0 saturated heterocycles. The van der Waals surface area contributed by atoms with Crippen LogP contribution in [0, 0.1) is 5.92 Å². The number of aliphatic hydroxyl groups is 1. The van der Waals surface area contributed by atoms with Crippen LogP contribution in [0.15, 0.2) is 0 Å². The SMILES string of the molecule is CC(CO)CCCNC(C)CN. The standard InChI is InChI=1S/C9H22N2O/c1-8(7-12)4-3-5-11-9(2)6-10/h8-9,11-12H,3-7,10H2,1-2H3. The molecule has 0 aromatic heterocycles. The number of nitrogens with one attached hydrogen (secondary N) is 1. The van der Waals surface area contributed by atoms with Crippen LogP contribution in [0.3, 0.4) is 0 Å². The smallest absolute Gasteiger partial charge is 0.0456 e. The van der Waals surface area contributed by atoms with Crippen LogP contribution in [-0.4, -0.2) is 30.8 Å². The summed E-state index contributed by atoms with van der Waals surface area (Å²) in [7, 11) is 0. The van der Waals surface area contributed by atoms with Crippen molar-refractivity contribution >= 4 is 0 Å². The average molecular weight is 174 g/mol. The second-order valence-electron chi connectivity index (χ2n) is 3.52. The minimum absolute atomic E-state index is 0.298. The zero-order chi connectivity index (χ0) is 9.40. The van der Waals surface area contributed by atoms with E-state index in [0.29, 0.717) is 25.1 Å². The van der Waals surface area contributed by atoms with Gasteiger partial charge in [0.25, 0.3) is 0 Å². The molecular formula is C9H22N2O. The van der Waals surface area contributed by atoms with E-state index in [-0.39, 0.29) is 0 Å². The Morgan fingerprint density at radius 2 is 2.08 bits per heavy atom. The predicted molar refractivity (Wildman–Crippen MR) is 52.0 cm³/mol. The molecule has 2 unspecified atom stereocenters. The van der Waals surface area contributed by atoms with Gasteiger partial charge < -0.3 is 16.2 Å². The molecule has 74 valence electrons. The summed E-state index contributed by atoms with van der Waals surface area (Å²) in [6, 6.07) is 0.412. The van der Waals surface area contributed by atoms with Gasteiger partial charge in [-0.2, -0.15) is 0 Å². The lowest BCUT2D eigenvalue weighted by Gasteiger charge is -2.12. The lowest BCUT2D eigenvalue weighted by molar-refractivity contribution is 0.227. The molecule has 0 saturated carbocycles. The lowest BCUT2D eigenvalue weighted by Crippen LogP contribution is -2.33. The first kappa shape index (κ1) is 11.9. The molecule has 3 nitrogen and oxygen atoms in total. The zero-order valence-electron chi connectivity index (χ0n) is 8.21. The van der Waals surface area contributed by atoms with Crippen molar-refractivity contribution in [2.75, 3.05) is 19.7 Å². The van der Waals surface area contributed by atoms with Crippen LogP contribution in [-0.2, 0) is 0 Å². The van der Waals surface area contributed by atoms with Crippen LogP contribution in [0.1, 0.15) is 26.7 Å². The molecule has 0 aliphatic rings. The van der Waals surface area contributed by atoms with Gasteiger partial charge in [0, 0.05) is 19.2 Å². The van der Waals surface area contributed by atoms with Crippen LogP contribution in [0.5, 0.6) is 0 Å². The Morgan fingerprint density at radius 1 is 1.42 bits per heavy atom. The van der Waals surface area contributed by atoms with Gasteiger partial charge >= 0.3 is 0 Å². The van der Waals surface area contributed by atoms with Crippen LogP contribution >= 0.6 is 0 Å². The minimum atomic E-state index is 0.298. The van der Waals surface area contributed by atoms with Gasteiger partial charge in [-0.25, -0.2) is 0 Å². The van der Waals surface area contributed by atoms with Gasteiger partial charge in [0.15, 0.2) is 0 Å². The van der Waals surface area contributed by atoms with Gasteiger partial charge in [0.2, 0.25) is 0 Å². The van der Waals surface area contributed by atoms with Gasteiger partial charge in [0.1, 0.15) is 0 Å². The van der Waals surface area contributed by atoms with Crippen molar-refractivity contribution in [3.05, 3.63) is 0 Å². The number of hydrogen-bond donors (Lipinski definition) is 3. The summed E-state index contributed by atoms with van der Waals surface area (Å²) >= 11 is 0. The van der Waals surface area contributed by atoms with Gasteiger partial charge in [-0.1, -0.05) is 6.92 Å². The third kappa shape index (κ3) is 6.58. The van der Waals surface area contributed by atoms with Gasteiger partial charge in [-0.3, -0.25) is 0 Å². The molecule has 0 aromatic rings. The first-order valence-corrected chi connectivity index (χ1v) is 4.75. The molecule has 0 fully saturated rings. The molecule has 3 heteroatoms. The van der Waals surface area contributed by atoms with Crippen molar-refractivity contribution in [1.29, 1.82) is 0 Å². The number of aliphatic hydroxyl groups excluding tert-OH is 1. The fraction of sp³-hybridized carbons (Fsp3) is 1.00. The van der Waals surface area contributed by atoms with Crippen molar-refractivity contribution in [3.8, 4) is 0 Å². The number of rotatable bonds is 7. The minimum Gasteiger partial charge on any atom is -0.396 e. The van der Waals surface area contributed by atoms with Crippen LogP contribution < -0.4 is 11.1 Å². The number of hydrogen-bond acceptors (Lipinski definition) is 3. The molecule has 12 heavy (non-hydrogen) atoms. The average Bonchev–Trinajstić information content (AvgIpc) is 2.11. The fourth-order valence-corrected chi connectivity index (χ4v) is 0.974. The maximum Gasteiger partial charge on any atom is 0.0456 e. The quantitative estimate of drug-likeness (QED) is 0.488. The molecule has 0 aromatic carbocycles. The van der Waals surface area contributed by atoms with E-state index in [1.54, 1.807) is 0 Å². The van der Waals surface area contributed by atoms with Crippen molar-refractivity contribution < 1.29 is 5.11 Å². The number of nitrogens with two attached hydrogens (primary N) is 1. The topological polar surface area (TPSA) is 58.3 Å². The Bertz CT molecular complexity index is 86.5. The van der Waals surface area contributed by atoms with E-state index in [0.717, 1.165) is 19.4 Å². The highest BCUT2D eigenvalue weighted by atomic mass is 16.3. The molecule has 0 heterocycles. The summed E-state index contributed by atoms with van der Waals surface area (Å²) in [5.41, 5.74) is 5.44. The third-order valence-electron chi connectivity index (χ3n) is 2.03. The zero-order valence-corrected chi connectivity index (χ0v) is 8.21. The monoisotopic (exact) mass is 174 g/mol. The Morgan fingerprint density at radius 3 is 2.58 bits per heavy atom. The maximum absolute atomic E-state index is 8.75. The van der Waals surface area contributed by atoms with Crippen LogP contribution in [0.4, 0.5) is 0 Å². The second kappa shape index (κ2) is 7.53. The summed E-state index contributed by atoms with van der Waals surface area (Å²) in [5.74, 6) is 0.431. The molecule has 0 amide bonds. The summed E-state index contributed by atoms with van der Waals surface area (Å²) in [6.07, 6.45) is 2.20. The molecule has 4 N–H and O–H groups in total. The first-order chi connectivity index (χ1) is 5.70. The van der Waals surface area contributed by atoms with E-state index < -0.39 is 0 Å². The van der Waals surface area contributed by atoms with E-state index in [1.807, 2.05) is 0 Å². The van der Waals surface area contributed by atoms with Crippen molar-refractivity contribution in [3.63, 3.8) is 0 Å². The second-order valence-corrected chi connectivity index (χ2v) is 3.52. The highest BCUT2D eigenvalue weighted by Crippen LogP contribution is 2.02. The highest BCUT2D eigenvalue weighted by molar-refractivity contribution is 4.61. The Balaban J connectivity index is 3.10. The molecule has 0 bridgehead atoms. The van der Waals surface area contributed by atoms with Crippen molar-refractivity contribution in [2.24, 2.45) is 11.7 Å². The summed E-state index contributed by atoms with van der Waals surface area (Å²) in [6.45, 7) is 6.13. The summed E-state index contributed by atoms with van der Waals surface area (Å²) in [5, 5.41) is 12.1. The van der Waals surface area contributed by atoms with Gasteiger partial charge in [-0.05, 0) is 32.2 Å². The van der Waals surface area contributed by atoms with Crippen molar-refractivity contribution in [1.82, 2.24) is 5.32 Å². The van der Waals surface area contributed by atoms with E-state index in [9.17, 15) is 0 Å². The van der Waals surface area contributed by atoms with Crippen LogP contribution in [0.2, 0.25) is 0 Å². The van der Waals surface area contributed by atoms with E-state index in [4.69, 9.17) is 10.8 Å². The summed E-state index contributed by atoms with van der Waals surface area (Å²) in [4.78, 5) is 0. The summed E-state index contributed by atoms with van der Waals surface area (Å²) < 4.78 is 0. The Kier molecular flexibility index (Phi) is 7.45.